The topological polar surface area (TPSA) is 15.6 Å². The van der Waals surface area contributed by atoms with Gasteiger partial charge in [0.25, 0.3) is 0 Å². The molecule has 0 saturated carbocycles. The lowest BCUT2D eigenvalue weighted by molar-refractivity contribution is 0.607. The van der Waals surface area contributed by atoms with Crippen LogP contribution in [0.2, 0.25) is 0 Å². The third-order valence-corrected chi connectivity index (χ3v) is 4.87. The van der Waals surface area contributed by atoms with Crippen molar-refractivity contribution in [1.29, 1.82) is 0 Å². The van der Waals surface area contributed by atoms with Gasteiger partial charge in [0, 0.05) is 25.5 Å². The molecule has 0 atom stereocenters. The van der Waals surface area contributed by atoms with Crippen LogP contribution in [0.25, 0.3) is 0 Å². The van der Waals surface area contributed by atoms with E-state index in [2.05, 4.69) is 81.4 Å². The Morgan fingerprint density at radius 3 is 2.19 bits per heavy atom. The predicted molar refractivity (Wildman–Crippen MR) is 116 cm³/mol. The Balaban J connectivity index is 2.02. The van der Waals surface area contributed by atoms with Gasteiger partial charge in [0.05, 0.1) is 5.69 Å². The molecule has 0 aromatic heterocycles. The molecule has 26 heavy (non-hydrogen) atoms. The molecule has 0 aliphatic heterocycles. The minimum Gasteiger partial charge on any atom is -0.378 e. The number of rotatable bonds is 10. The third kappa shape index (κ3) is 6.33. The molecule has 0 saturated heterocycles. The maximum absolute atomic E-state index is 4.86. The second-order valence-corrected chi connectivity index (χ2v) is 7.28. The summed E-state index contributed by atoms with van der Waals surface area (Å²) in [5.74, 6) is 0. The zero-order valence-corrected chi connectivity index (χ0v) is 17.0. The standard InChI is InChI=1S/C24H34N2/c1-5-6-7-8-9-10-13-21-14-11-12-15-24(21)20(2)25-22-16-18-23(19-17-22)26(3)4/h11-12,14-19H,5-10,13H2,1-4H3. The molecule has 0 aliphatic rings. The van der Waals surface area contributed by atoms with Crippen LogP contribution in [-0.2, 0) is 6.42 Å². The van der Waals surface area contributed by atoms with Gasteiger partial charge in [-0.05, 0) is 55.2 Å². The minimum atomic E-state index is 1.02. The van der Waals surface area contributed by atoms with E-state index in [4.69, 9.17) is 4.99 Å². The van der Waals surface area contributed by atoms with Gasteiger partial charge < -0.3 is 4.90 Å². The minimum absolute atomic E-state index is 1.02. The van der Waals surface area contributed by atoms with Crippen molar-refractivity contribution in [3.05, 3.63) is 59.7 Å². The number of hydrogen-bond donors (Lipinski definition) is 0. The average Bonchev–Trinajstić information content (AvgIpc) is 2.65. The van der Waals surface area contributed by atoms with Crippen LogP contribution in [0.4, 0.5) is 11.4 Å². The molecule has 0 unspecified atom stereocenters. The van der Waals surface area contributed by atoms with Gasteiger partial charge in [-0.15, -0.1) is 0 Å². The summed E-state index contributed by atoms with van der Waals surface area (Å²) < 4.78 is 0. The second-order valence-electron chi connectivity index (χ2n) is 7.28. The summed E-state index contributed by atoms with van der Waals surface area (Å²) in [5, 5.41) is 0. The summed E-state index contributed by atoms with van der Waals surface area (Å²) in [6.07, 6.45) is 9.17. The van der Waals surface area contributed by atoms with E-state index >= 15 is 0 Å². The first-order valence-corrected chi connectivity index (χ1v) is 10.0. The van der Waals surface area contributed by atoms with Gasteiger partial charge in [-0.25, -0.2) is 0 Å². The lowest BCUT2D eigenvalue weighted by Crippen LogP contribution is -2.07. The molecule has 0 spiro atoms. The maximum atomic E-state index is 4.86. The highest BCUT2D eigenvalue weighted by atomic mass is 15.1. The lowest BCUT2D eigenvalue weighted by atomic mass is 9.98. The maximum Gasteiger partial charge on any atom is 0.0634 e. The Hall–Kier alpha value is -2.09. The fourth-order valence-corrected chi connectivity index (χ4v) is 3.27. The first kappa shape index (κ1) is 20.2. The van der Waals surface area contributed by atoms with Crippen molar-refractivity contribution < 1.29 is 0 Å². The van der Waals surface area contributed by atoms with Crippen molar-refractivity contribution >= 4 is 17.1 Å². The molecule has 2 nitrogen and oxygen atoms in total. The lowest BCUT2D eigenvalue weighted by Gasteiger charge is -2.12. The molecule has 0 radical (unpaired) electrons. The largest absolute Gasteiger partial charge is 0.378 e. The highest BCUT2D eigenvalue weighted by Crippen LogP contribution is 2.21. The molecular weight excluding hydrogens is 316 g/mol. The zero-order chi connectivity index (χ0) is 18.8. The Labute approximate surface area is 160 Å². The Morgan fingerprint density at radius 2 is 1.50 bits per heavy atom. The van der Waals surface area contributed by atoms with Crippen molar-refractivity contribution in [3.63, 3.8) is 0 Å². The van der Waals surface area contributed by atoms with Gasteiger partial charge in [0.1, 0.15) is 0 Å². The van der Waals surface area contributed by atoms with E-state index in [1.165, 1.54) is 55.3 Å². The van der Waals surface area contributed by atoms with Crippen LogP contribution in [0.1, 0.15) is 63.5 Å². The molecule has 0 heterocycles. The molecule has 2 heteroatoms. The van der Waals surface area contributed by atoms with Crippen molar-refractivity contribution in [3.8, 4) is 0 Å². The van der Waals surface area contributed by atoms with Gasteiger partial charge in [-0.1, -0.05) is 63.3 Å². The van der Waals surface area contributed by atoms with E-state index < -0.39 is 0 Å². The Bertz CT molecular complexity index is 684. The van der Waals surface area contributed by atoms with Crippen LogP contribution in [-0.4, -0.2) is 19.8 Å². The number of aliphatic imine (C=N–C) groups is 1. The number of aryl methyl sites for hydroxylation is 1. The summed E-state index contributed by atoms with van der Waals surface area (Å²) in [4.78, 5) is 6.96. The molecule has 0 aliphatic carbocycles. The van der Waals surface area contributed by atoms with Crippen molar-refractivity contribution in [1.82, 2.24) is 0 Å². The number of benzene rings is 2. The van der Waals surface area contributed by atoms with E-state index in [1.807, 2.05) is 0 Å². The van der Waals surface area contributed by atoms with Crippen LogP contribution in [0.5, 0.6) is 0 Å². The fraction of sp³-hybridized carbons (Fsp3) is 0.458. The SMILES string of the molecule is CCCCCCCCc1ccccc1C(C)=Nc1ccc(N(C)C)cc1. The summed E-state index contributed by atoms with van der Waals surface area (Å²) in [6, 6.07) is 17.2. The van der Waals surface area contributed by atoms with Gasteiger partial charge in [-0.2, -0.15) is 0 Å². The summed E-state index contributed by atoms with van der Waals surface area (Å²) in [5.41, 5.74) is 6.03. The van der Waals surface area contributed by atoms with Crippen LogP contribution < -0.4 is 4.90 Å². The molecule has 0 amide bonds. The normalized spacial score (nSPS) is 11.6. The van der Waals surface area contributed by atoms with E-state index in [0.717, 1.165) is 17.8 Å². The average molecular weight is 351 g/mol. The van der Waals surface area contributed by atoms with Gasteiger partial charge in [0.15, 0.2) is 0 Å². The number of hydrogen-bond acceptors (Lipinski definition) is 2. The Kier molecular flexibility index (Phi) is 8.40. The molecule has 0 N–H and O–H groups in total. The highest BCUT2D eigenvalue weighted by Gasteiger charge is 2.05. The quantitative estimate of drug-likeness (QED) is 0.340. The molecule has 2 aromatic carbocycles. The van der Waals surface area contributed by atoms with Crippen molar-refractivity contribution in [2.24, 2.45) is 4.99 Å². The second kappa shape index (κ2) is 10.8. The van der Waals surface area contributed by atoms with Crippen LogP contribution in [0, 0.1) is 0 Å². The predicted octanol–water partition coefficient (Wildman–Crippen LogP) is 6.80. The van der Waals surface area contributed by atoms with Gasteiger partial charge in [-0.3, -0.25) is 4.99 Å². The van der Waals surface area contributed by atoms with Crippen LogP contribution >= 0.6 is 0 Å². The highest BCUT2D eigenvalue weighted by molar-refractivity contribution is 6.01. The summed E-state index contributed by atoms with van der Waals surface area (Å²) >= 11 is 0. The van der Waals surface area contributed by atoms with Crippen LogP contribution in [0.3, 0.4) is 0 Å². The molecule has 2 rings (SSSR count). The summed E-state index contributed by atoms with van der Waals surface area (Å²) in [7, 11) is 4.12. The number of unbranched alkanes of at least 4 members (excludes halogenated alkanes) is 5. The van der Waals surface area contributed by atoms with Crippen molar-refractivity contribution in [2.75, 3.05) is 19.0 Å². The zero-order valence-electron chi connectivity index (χ0n) is 17.0. The summed E-state index contributed by atoms with van der Waals surface area (Å²) in [6.45, 7) is 4.40. The van der Waals surface area contributed by atoms with Gasteiger partial charge >= 0.3 is 0 Å². The van der Waals surface area contributed by atoms with Gasteiger partial charge in [0.2, 0.25) is 0 Å². The molecule has 2 aromatic rings. The molecule has 140 valence electrons. The third-order valence-electron chi connectivity index (χ3n) is 4.87. The monoisotopic (exact) mass is 350 g/mol. The number of anilines is 1. The number of nitrogens with zero attached hydrogens (tertiary/aromatic N) is 2. The smallest absolute Gasteiger partial charge is 0.0634 e. The molecular formula is C24H34N2. The van der Waals surface area contributed by atoms with E-state index in [1.54, 1.807) is 0 Å². The van der Waals surface area contributed by atoms with Crippen LogP contribution in [0.15, 0.2) is 53.5 Å². The molecule has 0 bridgehead atoms. The van der Waals surface area contributed by atoms with Crippen molar-refractivity contribution in [2.45, 2.75) is 58.8 Å². The fourth-order valence-electron chi connectivity index (χ4n) is 3.27. The van der Waals surface area contributed by atoms with E-state index in [9.17, 15) is 0 Å². The Morgan fingerprint density at radius 1 is 0.846 bits per heavy atom. The van der Waals surface area contributed by atoms with E-state index in [-0.39, 0.29) is 0 Å². The van der Waals surface area contributed by atoms with E-state index in [0.29, 0.717) is 0 Å². The first-order chi connectivity index (χ1) is 12.6. The molecule has 0 fully saturated rings. The first-order valence-electron chi connectivity index (χ1n) is 10.0.